The smallest absolute Gasteiger partial charge is 0.337 e. The number of rotatable bonds is 8. The number of Topliss-reactive ketones (excluding diaryl/α,β-unsaturated/α-hetero) is 1. The number of allylic oxidation sites excluding steroid dienone is 3. The van der Waals surface area contributed by atoms with Crippen molar-refractivity contribution in [2.24, 2.45) is 10.2 Å². The minimum Gasteiger partial charge on any atom is -0.489 e. The van der Waals surface area contributed by atoms with Gasteiger partial charge in [-0.15, -0.1) is 0 Å². The van der Waals surface area contributed by atoms with Gasteiger partial charge in [-0.2, -0.15) is 10.2 Å². The second kappa shape index (κ2) is 7.97. The number of azo groups is 1. The summed E-state index contributed by atoms with van der Waals surface area (Å²) >= 11 is 0. The number of ketones is 1. The van der Waals surface area contributed by atoms with E-state index in [9.17, 15) is 19.5 Å². The van der Waals surface area contributed by atoms with Gasteiger partial charge < -0.3 is 14.9 Å². The number of fused-ring (bicyclic) bond motifs is 2. The lowest BCUT2D eigenvalue weighted by atomic mass is 10.00. The predicted molar refractivity (Wildman–Crippen MR) is 96.5 cm³/mol. The second-order valence-corrected chi connectivity index (χ2v) is 5.95. The molecule has 0 aromatic heterocycles. The topological polar surface area (TPSA) is 129 Å². The fraction of sp³-hybridized carbons (Fsp3) is 0.211. The minimum absolute atomic E-state index is 0.0446. The SMILES string of the molecule is CC(=O)C(/N=N/c1ccccc1C(=O)O)C(=O)N1C2=CC=C(OCCO)C1=C2. The number of ether oxygens (including phenoxy) is 1. The summed E-state index contributed by atoms with van der Waals surface area (Å²) in [6.45, 7) is 1.10. The molecule has 0 aliphatic carbocycles. The molecule has 2 aliphatic rings. The molecule has 2 bridgehead atoms. The maximum absolute atomic E-state index is 12.9. The number of carbonyl (C=O) groups is 3. The van der Waals surface area contributed by atoms with E-state index in [-0.39, 0.29) is 24.5 Å². The summed E-state index contributed by atoms with van der Waals surface area (Å²) in [7, 11) is 0. The fourth-order valence-electron chi connectivity index (χ4n) is 2.70. The lowest BCUT2D eigenvalue weighted by Crippen LogP contribution is -2.45. The Morgan fingerprint density at radius 3 is 2.61 bits per heavy atom. The van der Waals surface area contributed by atoms with Crippen molar-refractivity contribution in [2.75, 3.05) is 13.2 Å². The van der Waals surface area contributed by atoms with E-state index in [1.54, 1.807) is 24.3 Å². The van der Waals surface area contributed by atoms with Gasteiger partial charge in [0.05, 0.1) is 29.3 Å². The van der Waals surface area contributed by atoms with Crippen molar-refractivity contribution in [2.45, 2.75) is 13.0 Å². The van der Waals surface area contributed by atoms with Crippen LogP contribution in [0.1, 0.15) is 17.3 Å². The van der Waals surface area contributed by atoms with Gasteiger partial charge in [0.2, 0.25) is 6.04 Å². The Hall–Kier alpha value is -3.59. The summed E-state index contributed by atoms with van der Waals surface area (Å²) in [6, 6.07) is 4.48. The molecule has 9 nitrogen and oxygen atoms in total. The first kappa shape index (κ1) is 19.2. The number of hydrogen-bond donors (Lipinski definition) is 2. The molecule has 1 amide bonds. The maximum atomic E-state index is 12.9. The van der Waals surface area contributed by atoms with Gasteiger partial charge in [-0.3, -0.25) is 14.5 Å². The molecule has 0 saturated heterocycles. The standard InChI is InChI=1S/C19H17N3O6/c1-11(24)17(21-20-14-5-3-2-4-13(14)19(26)27)18(25)22-12-6-7-16(15(22)10-12)28-9-8-23/h2-7,10,17,23H,8-9H2,1H3,(H,26,27)/b21-20+. The van der Waals surface area contributed by atoms with Gasteiger partial charge in [-0.25, -0.2) is 4.79 Å². The highest BCUT2D eigenvalue weighted by Gasteiger charge is 2.40. The molecular formula is C19H17N3O6. The van der Waals surface area contributed by atoms with E-state index in [0.717, 1.165) is 0 Å². The molecule has 2 aliphatic heterocycles. The van der Waals surface area contributed by atoms with Crippen molar-refractivity contribution in [3.63, 3.8) is 0 Å². The molecule has 2 N–H and O–H groups in total. The summed E-state index contributed by atoms with van der Waals surface area (Å²) in [5, 5.41) is 25.7. The summed E-state index contributed by atoms with van der Waals surface area (Å²) in [5.41, 5.74) is 0.991. The molecule has 0 radical (unpaired) electrons. The van der Waals surface area contributed by atoms with Crippen molar-refractivity contribution in [1.29, 1.82) is 0 Å². The Kier molecular flexibility index (Phi) is 5.46. The number of aromatic carboxylic acids is 1. The number of hydrogen-bond acceptors (Lipinski definition) is 7. The normalized spacial score (nSPS) is 15.9. The van der Waals surface area contributed by atoms with Crippen molar-refractivity contribution in [3.05, 3.63) is 65.2 Å². The van der Waals surface area contributed by atoms with E-state index in [2.05, 4.69) is 10.2 Å². The maximum Gasteiger partial charge on any atom is 0.337 e. The number of nitrogens with zero attached hydrogens (tertiary/aromatic N) is 3. The molecule has 9 heteroatoms. The molecule has 144 valence electrons. The summed E-state index contributed by atoms with van der Waals surface area (Å²) in [4.78, 5) is 37.4. The highest BCUT2D eigenvalue weighted by Crippen LogP contribution is 2.37. The Morgan fingerprint density at radius 1 is 1.21 bits per heavy atom. The lowest BCUT2D eigenvalue weighted by Gasteiger charge is -2.38. The Balaban J connectivity index is 1.81. The number of carbonyl (C=O) groups excluding carboxylic acids is 2. The van der Waals surface area contributed by atoms with Gasteiger partial charge in [-0.1, -0.05) is 12.1 Å². The lowest BCUT2D eigenvalue weighted by molar-refractivity contribution is -0.134. The molecule has 1 atom stereocenters. The fourth-order valence-corrected chi connectivity index (χ4v) is 2.70. The van der Waals surface area contributed by atoms with Gasteiger partial charge in [0.15, 0.2) is 5.78 Å². The average Bonchev–Trinajstić information content (AvgIpc) is 2.66. The highest BCUT2D eigenvalue weighted by atomic mass is 16.5. The summed E-state index contributed by atoms with van der Waals surface area (Å²) < 4.78 is 5.37. The second-order valence-electron chi connectivity index (χ2n) is 5.95. The van der Waals surface area contributed by atoms with Crippen LogP contribution in [-0.4, -0.2) is 52.0 Å². The van der Waals surface area contributed by atoms with Crippen molar-refractivity contribution < 1.29 is 29.3 Å². The summed E-state index contributed by atoms with van der Waals surface area (Å²) in [6.07, 6.45) is 5.02. The van der Waals surface area contributed by atoms with Crippen LogP contribution in [0.5, 0.6) is 0 Å². The molecule has 28 heavy (non-hydrogen) atoms. The van der Waals surface area contributed by atoms with Gasteiger partial charge in [0.1, 0.15) is 12.4 Å². The molecule has 0 saturated carbocycles. The molecular weight excluding hydrogens is 366 g/mol. The van der Waals surface area contributed by atoms with E-state index in [4.69, 9.17) is 9.84 Å². The van der Waals surface area contributed by atoms with Crippen LogP contribution in [0.2, 0.25) is 0 Å². The number of amides is 1. The van der Waals surface area contributed by atoms with E-state index < -0.39 is 23.7 Å². The third kappa shape index (κ3) is 3.60. The molecule has 1 unspecified atom stereocenters. The van der Waals surface area contributed by atoms with Crippen molar-refractivity contribution in [1.82, 2.24) is 4.90 Å². The number of benzene rings is 1. The molecule has 1 aromatic carbocycles. The Morgan fingerprint density at radius 2 is 1.96 bits per heavy atom. The van der Waals surface area contributed by atoms with Crippen molar-refractivity contribution >= 4 is 23.3 Å². The average molecular weight is 383 g/mol. The van der Waals surface area contributed by atoms with E-state index in [1.807, 2.05) is 0 Å². The number of carboxylic acids is 1. The molecule has 3 rings (SSSR count). The van der Waals surface area contributed by atoms with Crippen LogP contribution < -0.4 is 0 Å². The van der Waals surface area contributed by atoms with E-state index in [0.29, 0.717) is 17.2 Å². The first-order valence-electron chi connectivity index (χ1n) is 8.39. The Bertz CT molecular complexity index is 957. The van der Waals surface area contributed by atoms with Crippen LogP contribution in [0.15, 0.2) is 69.9 Å². The predicted octanol–water partition coefficient (Wildman–Crippen LogP) is 1.94. The first-order chi connectivity index (χ1) is 13.4. The highest BCUT2D eigenvalue weighted by molar-refractivity contribution is 6.07. The zero-order chi connectivity index (χ0) is 20.3. The number of aliphatic hydroxyl groups excluding tert-OH is 1. The van der Waals surface area contributed by atoms with Crippen LogP contribution in [0.3, 0.4) is 0 Å². The molecule has 1 aromatic rings. The van der Waals surface area contributed by atoms with Gasteiger partial charge >= 0.3 is 5.97 Å². The zero-order valence-electron chi connectivity index (χ0n) is 14.9. The van der Waals surface area contributed by atoms with Crippen LogP contribution in [-0.2, 0) is 14.3 Å². The van der Waals surface area contributed by atoms with E-state index in [1.165, 1.54) is 30.0 Å². The number of aliphatic hydroxyl groups is 1. The quantitative estimate of drug-likeness (QED) is 0.521. The van der Waals surface area contributed by atoms with Gasteiger partial charge in [0.25, 0.3) is 5.91 Å². The van der Waals surface area contributed by atoms with Gasteiger partial charge in [-0.05, 0) is 37.3 Å². The van der Waals surface area contributed by atoms with E-state index >= 15 is 0 Å². The summed E-state index contributed by atoms with van der Waals surface area (Å²) in [5.74, 6) is -1.95. The van der Waals surface area contributed by atoms with Crippen molar-refractivity contribution in [3.8, 4) is 0 Å². The van der Waals surface area contributed by atoms with Crippen LogP contribution in [0.4, 0.5) is 5.69 Å². The van der Waals surface area contributed by atoms with Crippen LogP contribution >= 0.6 is 0 Å². The monoisotopic (exact) mass is 383 g/mol. The Labute approximate surface area is 159 Å². The molecule has 0 spiro atoms. The zero-order valence-corrected chi connectivity index (χ0v) is 14.9. The molecule has 2 heterocycles. The third-order valence-corrected chi connectivity index (χ3v) is 4.05. The van der Waals surface area contributed by atoms with Gasteiger partial charge in [0, 0.05) is 0 Å². The minimum atomic E-state index is -1.42. The largest absolute Gasteiger partial charge is 0.489 e. The van der Waals surface area contributed by atoms with Crippen LogP contribution in [0.25, 0.3) is 0 Å². The number of carboxylic acid groups (broad SMARTS) is 1. The third-order valence-electron chi connectivity index (χ3n) is 4.05. The molecule has 0 fully saturated rings. The first-order valence-corrected chi connectivity index (χ1v) is 8.39. The van der Waals surface area contributed by atoms with Crippen LogP contribution in [0, 0.1) is 0 Å².